The molecule has 0 bridgehead atoms. The fourth-order valence-electron chi connectivity index (χ4n) is 3.30. The van der Waals surface area contributed by atoms with Crippen LogP contribution in [0.5, 0.6) is 5.75 Å². The lowest BCUT2D eigenvalue weighted by Gasteiger charge is -2.08. The summed E-state index contributed by atoms with van der Waals surface area (Å²) in [6, 6.07) is 13.0. The predicted octanol–water partition coefficient (Wildman–Crippen LogP) is 6.13. The van der Waals surface area contributed by atoms with E-state index < -0.39 is 0 Å². The molecule has 3 rings (SSSR count). The van der Waals surface area contributed by atoms with Crippen molar-refractivity contribution in [1.82, 2.24) is 0 Å². The number of unbranched alkanes of at least 4 members (excludes halogenated alkanes) is 5. The maximum atomic E-state index is 5.93. The van der Waals surface area contributed by atoms with Crippen LogP contribution in [-0.2, 0) is 4.74 Å². The minimum Gasteiger partial charge on any atom is -0.494 e. The van der Waals surface area contributed by atoms with Crippen molar-refractivity contribution in [3.63, 3.8) is 0 Å². The molecule has 1 atom stereocenters. The Balaban J connectivity index is 1.55. The number of hydrogen-bond donors (Lipinski definition) is 0. The van der Waals surface area contributed by atoms with E-state index in [0.29, 0.717) is 12.6 Å². The summed E-state index contributed by atoms with van der Waals surface area (Å²) in [5, 5.41) is 2.39. The van der Waals surface area contributed by atoms with Gasteiger partial charge in [0, 0.05) is 5.56 Å². The van der Waals surface area contributed by atoms with Crippen LogP contribution in [0.2, 0.25) is 0 Å². The SMILES string of the molecule is CCCCCCCCOc1ccc2cc(C3=N[C@H](CC)CO3)ccc2c1. The summed E-state index contributed by atoms with van der Waals surface area (Å²) in [7, 11) is 0. The number of hydrogen-bond acceptors (Lipinski definition) is 3. The average molecular weight is 354 g/mol. The Morgan fingerprint density at radius 3 is 2.54 bits per heavy atom. The molecule has 3 nitrogen and oxygen atoms in total. The molecule has 0 spiro atoms. The van der Waals surface area contributed by atoms with Gasteiger partial charge in [-0.2, -0.15) is 0 Å². The van der Waals surface area contributed by atoms with Crippen molar-refractivity contribution >= 4 is 16.7 Å². The third kappa shape index (κ3) is 5.00. The van der Waals surface area contributed by atoms with E-state index in [1.165, 1.54) is 42.9 Å². The van der Waals surface area contributed by atoms with Crippen molar-refractivity contribution in [2.75, 3.05) is 13.2 Å². The molecule has 0 aromatic heterocycles. The topological polar surface area (TPSA) is 30.8 Å². The van der Waals surface area contributed by atoms with Crippen molar-refractivity contribution < 1.29 is 9.47 Å². The van der Waals surface area contributed by atoms with E-state index in [0.717, 1.165) is 36.7 Å². The Morgan fingerprint density at radius 1 is 0.962 bits per heavy atom. The number of rotatable bonds is 10. The van der Waals surface area contributed by atoms with Crippen LogP contribution < -0.4 is 4.74 Å². The molecule has 2 aromatic rings. The molecule has 140 valence electrons. The average Bonchev–Trinajstić information content (AvgIpc) is 3.16. The molecule has 2 aromatic carbocycles. The molecule has 1 aliphatic heterocycles. The molecule has 0 N–H and O–H groups in total. The van der Waals surface area contributed by atoms with Crippen LogP contribution >= 0.6 is 0 Å². The van der Waals surface area contributed by atoms with E-state index in [1.807, 2.05) is 0 Å². The molecule has 0 fully saturated rings. The zero-order valence-electron chi connectivity index (χ0n) is 16.2. The van der Waals surface area contributed by atoms with Crippen molar-refractivity contribution in [3.05, 3.63) is 42.0 Å². The molecule has 0 aliphatic carbocycles. The smallest absolute Gasteiger partial charge is 0.216 e. The van der Waals surface area contributed by atoms with Crippen LogP contribution in [0.3, 0.4) is 0 Å². The van der Waals surface area contributed by atoms with Crippen LogP contribution in [-0.4, -0.2) is 25.2 Å². The van der Waals surface area contributed by atoms with Gasteiger partial charge in [0.2, 0.25) is 5.90 Å². The standard InChI is InChI=1S/C23H31NO2/c1-3-5-6-7-8-9-14-25-22-13-12-18-15-20(11-10-19(18)16-22)23-24-21(4-2)17-26-23/h10-13,15-16,21H,3-9,14,17H2,1-2H3/t21-/m1/s1. The van der Waals surface area contributed by atoms with Crippen LogP contribution in [0.15, 0.2) is 41.4 Å². The Morgan fingerprint density at radius 2 is 1.73 bits per heavy atom. The number of nitrogens with zero attached hydrogens (tertiary/aromatic N) is 1. The first-order chi connectivity index (χ1) is 12.8. The van der Waals surface area contributed by atoms with Gasteiger partial charge in [-0.1, -0.05) is 58.1 Å². The Bertz CT molecular complexity index is 738. The minimum atomic E-state index is 0.304. The predicted molar refractivity (Wildman–Crippen MR) is 109 cm³/mol. The third-order valence-corrected chi connectivity index (χ3v) is 5.01. The van der Waals surface area contributed by atoms with Crippen molar-refractivity contribution in [3.8, 4) is 5.75 Å². The molecule has 0 saturated carbocycles. The zero-order valence-corrected chi connectivity index (χ0v) is 16.2. The van der Waals surface area contributed by atoms with E-state index in [4.69, 9.17) is 9.47 Å². The summed E-state index contributed by atoms with van der Waals surface area (Å²) < 4.78 is 11.7. The molecule has 0 saturated heterocycles. The van der Waals surface area contributed by atoms with Gasteiger partial charge in [-0.25, -0.2) is 4.99 Å². The van der Waals surface area contributed by atoms with Gasteiger partial charge < -0.3 is 9.47 Å². The van der Waals surface area contributed by atoms with Gasteiger partial charge in [-0.05, 0) is 47.9 Å². The van der Waals surface area contributed by atoms with E-state index in [-0.39, 0.29) is 0 Å². The molecular formula is C23H31NO2. The molecule has 1 heterocycles. The molecule has 1 aliphatic rings. The van der Waals surface area contributed by atoms with Crippen LogP contribution in [0.1, 0.15) is 64.4 Å². The summed E-state index contributed by atoms with van der Waals surface area (Å²) >= 11 is 0. The highest BCUT2D eigenvalue weighted by Gasteiger charge is 2.18. The Labute approximate surface area is 157 Å². The first-order valence-electron chi connectivity index (χ1n) is 10.2. The highest BCUT2D eigenvalue weighted by Crippen LogP contribution is 2.24. The summed E-state index contributed by atoms with van der Waals surface area (Å²) in [5.41, 5.74) is 1.06. The molecular weight excluding hydrogens is 322 g/mol. The van der Waals surface area contributed by atoms with Gasteiger partial charge in [-0.15, -0.1) is 0 Å². The lowest BCUT2D eigenvalue weighted by atomic mass is 10.1. The minimum absolute atomic E-state index is 0.304. The number of benzene rings is 2. The summed E-state index contributed by atoms with van der Waals surface area (Å²) in [5.74, 6) is 1.74. The van der Waals surface area contributed by atoms with Crippen molar-refractivity contribution in [2.45, 2.75) is 64.8 Å². The number of ether oxygens (including phenoxy) is 2. The second-order valence-corrected chi connectivity index (χ2v) is 7.15. The molecule has 26 heavy (non-hydrogen) atoms. The Kier molecular flexibility index (Phi) is 6.93. The monoisotopic (exact) mass is 353 g/mol. The van der Waals surface area contributed by atoms with E-state index >= 15 is 0 Å². The summed E-state index contributed by atoms with van der Waals surface area (Å²) in [4.78, 5) is 4.65. The fourth-order valence-corrected chi connectivity index (χ4v) is 3.30. The van der Waals surface area contributed by atoms with Crippen LogP contribution in [0.4, 0.5) is 0 Å². The van der Waals surface area contributed by atoms with Crippen LogP contribution in [0.25, 0.3) is 10.8 Å². The second kappa shape index (κ2) is 9.61. The van der Waals surface area contributed by atoms with Gasteiger partial charge in [0.1, 0.15) is 12.4 Å². The third-order valence-electron chi connectivity index (χ3n) is 5.01. The lowest BCUT2D eigenvalue weighted by Crippen LogP contribution is -2.03. The fraction of sp³-hybridized carbons (Fsp3) is 0.522. The van der Waals surface area contributed by atoms with Gasteiger partial charge >= 0.3 is 0 Å². The first kappa shape index (κ1) is 18.8. The lowest BCUT2D eigenvalue weighted by molar-refractivity contribution is 0.305. The van der Waals surface area contributed by atoms with Crippen molar-refractivity contribution in [2.24, 2.45) is 4.99 Å². The largest absolute Gasteiger partial charge is 0.494 e. The van der Waals surface area contributed by atoms with E-state index in [9.17, 15) is 0 Å². The zero-order chi connectivity index (χ0) is 18.2. The van der Waals surface area contributed by atoms with E-state index in [2.05, 4.69) is 55.2 Å². The first-order valence-corrected chi connectivity index (χ1v) is 10.2. The van der Waals surface area contributed by atoms with Gasteiger partial charge in [-0.3, -0.25) is 0 Å². The highest BCUT2D eigenvalue weighted by molar-refractivity contribution is 5.99. The molecule has 0 amide bonds. The number of fused-ring (bicyclic) bond motifs is 1. The number of aliphatic imine (C=N–C) groups is 1. The van der Waals surface area contributed by atoms with Crippen LogP contribution in [0, 0.1) is 0 Å². The van der Waals surface area contributed by atoms with Gasteiger partial charge in [0.15, 0.2) is 0 Å². The van der Waals surface area contributed by atoms with Gasteiger partial charge in [0.25, 0.3) is 0 Å². The maximum Gasteiger partial charge on any atom is 0.216 e. The summed E-state index contributed by atoms with van der Waals surface area (Å²) in [6.07, 6.45) is 8.74. The van der Waals surface area contributed by atoms with Gasteiger partial charge in [0.05, 0.1) is 12.6 Å². The highest BCUT2D eigenvalue weighted by atomic mass is 16.5. The van der Waals surface area contributed by atoms with E-state index in [1.54, 1.807) is 0 Å². The molecule has 0 unspecified atom stereocenters. The second-order valence-electron chi connectivity index (χ2n) is 7.15. The molecule has 3 heteroatoms. The summed E-state index contributed by atoms with van der Waals surface area (Å²) in [6.45, 7) is 5.91. The quantitative estimate of drug-likeness (QED) is 0.481. The Hall–Kier alpha value is -2.03. The normalized spacial score (nSPS) is 16.5. The molecule has 0 radical (unpaired) electrons. The maximum absolute atomic E-state index is 5.93. The van der Waals surface area contributed by atoms with Crippen molar-refractivity contribution in [1.29, 1.82) is 0 Å².